The van der Waals surface area contributed by atoms with E-state index in [4.69, 9.17) is 9.84 Å². The molecule has 0 aromatic carbocycles. The number of aryl methyl sites for hydroxylation is 1. The van der Waals surface area contributed by atoms with Crippen LogP contribution in [-0.4, -0.2) is 46.8 Å². The number of nitrogens with zero attached hydrogens (tertiary/aromatic N) is 2. The van der Waals surface area contributed by atoms with E-state index in [1.807, 2.05) is 13.1 Å². The molecular weight excluding hydrogens is 240 g/mol. The van der Waals surface area contributed by atoms with E-state index in [0.29, 0.717) is 13.2 Å². The van der Waals surface area contributed by atoms with Crippen LogP contribution in [0.1, 0.15) is 16.3 Å². The summed E-state index contributed by atoms with van der Waals surface area (Å²) in [5.41, 5.74) is 0. The molecule has 5 nitrogen and oxygen atoms in total. The molecule has 1 aromatic rings. The zero-order chi connectivity index (χ0) is 12.3. The molecule has 0 saturated carbocycles. The van der Waals surface area contributed by atoms with Crippen molar-refractivity contribution in [2.24, 2.45) is 0 Å². The van der Waals surface area contributed by atoms with E-state index in [9.17, 15) is 4.79 Å². The topological polar surface area (TPSA) is 62.7 Å². The Morgan fingerprint density at radius 2 is 2.59 bits per heavy atom. The first-order chi connectivity index (χ1) is 8.13. The maximum atomic E-state index is 10.6. The van der Waals surface area contributed by atoms with Crippen molar-refractivity contribution in [1.29, 1.82) is 0 Å². The third-order valence-corrected chi connectivity index (χ3v) is 3.57. The van der Waals surface area contributed by atoms with E-state index >= 15 is 0 Å². The Hall–Kier alpha value is -0.980. The number of carboxylic acids is 1. The van der Waals surface area contributed by atoms with Crippen molar-refractivity contribution >= 4 is 17.3 Å². The number of ether oxygens (including phenoxy) is 1. The van der Waals surface area contributed by atoms with Gasteiger partial charge in [-0.1, -0.05) is 0 Å². The number of hydrogen-bond donors (Lipinski definition) is 1. The number of carboxylic acid groups (broad SMARTS) is 1. The fourth-order valence-electron chi connectivity index (χ4n) is 1.94. The Morgan fingerprint density at radius 1 is 1.76 bits per heavy atom. The lowest BCUT2D eigenvalue weighted by atomic mass is 10.2. The number of aromatic nitrogens is 1. The highest BCUT2D eigenvalue weighted by atomic mass is 32.1. The van der Waals surface area contributed by atoms with Crippen LogP contribution in [0, 0.1) is 6.92 Å². The minimum absolute atomic E-state index is 0.0816. The van der Waals surface area contributed by atoms with Crippen molar-refractivity contribution in [2.75, 3.05) is 19.7 Å². The number of morpholine rings is 1. The third kappa shape index (κ3) is 3.76. The highest BCUT2D eigenvalue weighted by Crippen LogP contribution is 2.17. The highest BCUT2D eigenvalue weighted by molar-refractivity contribution is 7.11. The molecule has 1 aliphatic rings. The first kappa shape index (κ1) is 12.5. The van der Waals surface area contributed by atoms with E-state index in [1.54, 1.807) is 11.3 Å². The summed E-state index contributed by atoms with van der Waals surface area (Å²) in [4.78, 5) is 18.3. The first-order valence-electron chi connectivity index (χ1n) is 5.60. The number of aliphatic carboxylic acids is 1. The molecule has 1 atom stereocenters. The van der Waals surface area contributed by atoms with E-state index in [1.165, 1.54) is 4.88 Å². The van der Waals surface area contributed by atoms with E-state index in [0.717, 1.165) is 18.1 Å². The minimum atomic E-state index is -0.800. The van der Waals surface area contributed by atoms with Gasteiger partial charge >= 0.3 is 5.97 Å². The van der Waals surface area contributed by atoms with Crippen LogP contribution in [0.25, 0.3) is 0 Å². The molecule has 1 aromatic heterocycles. The van der Waals surface area contributed by atoms with Gasteiger partial charge in [-0.25, -0.2) is 4.98 Å². The molecule has 1 saturated heterocycles. The molecule has 2 rings (SSSR count). The van der Waals surface area contributed by atoms with Gasteiger partial charge in [0.25, 0.3) is 0 Å². The number of rotatable bonds is 4. The van der Waals surface area contributed by atoms with Crippen molar-refractivity contribution in [2.45, 2.75) is 26.0 Å². The summed E-state index contributed by atoms with van der Waals surface area (Å²) in [5, 5.41) is 9.80. The molecule has 2 heterocycles. The van der Waals surface area contributed by atoms with Gasteiger partial charge in [0.1, 0.15) is 0 Å². The standard InChI is InChI=1S/C11H16N2O3S/c1-8-12-5-10(17-8)7-13-2-3-16-9(6-13)4-11(14)15/h5,9H,2-4,6-7H2,1H3,(H,14,15). The Balaban J connectivity index is 1.87. The van der Waals surface area contributed by atoms with Gasteiger partial charge in [-0.05, 0) is 6.92 Å². The molecule has 0 bridgehead atoms. The van der Waals surface area contributed by atoms with Crippen LogP contribution < -0.4 is 0 Å². The van der Waals surface area contributed by atoms with Gasteiger partial charge in [0, 0.05) is 30.7 Å². The Labute approximate surface area is 104 Å². The van der Waals surface area contributed by atoms with E-state index in [2.05, 4.69) is 9.88 Å². The number of hydrogen-bond acceptors (Lipinski definition) is 5. The van der Waals surface area contributed by atoms with Crippen LogP contribution in [0.15, 0.2) is 6.20 Å². The van der Waals surface area contributed by atoms with Crippen LogP contribution in [-0.2, 0) is 16.1 Å². The van der Waals surface area contributed by atoms with Crippen molar-refractivity contribution in [3.8, 4) is 0 Å². The van der Waals surface area contributed by atoms with E-state index in [-0.39, 0.29) is 12.5 Å². The van der Waals surface area contributed by atoms with Crippen LogP contribution in [0.4, 0.5) is 0 Å². The maximum absolute atomic E-state index is 10.6. The largest absolute Gasteiger partial charge is 0.481 e. The Morgan fingerprint density at radius 3 is 3.24 bits per heavy atom. The minimum Gasteiger partial charge on any atom is -0.481 e. The zero-order valence-electron chi connectivity index (χ0n) is 9.76. The molecule has 6 heteroatoms. The molecule has 1 aliphatic heterocycles. The molecule has 0 radical (unpaired) electrons. The average Bonchev–Trinajstić information content (AvgIpc) is 2.63. The quantitative estimate of drug-likeness (QED) is 0.875. The second-order valence-electron chi connectivity index (χ2n) is 4.17. The van der Waals surface area contributed by atoms with Gasteiger partial charge in [-0.2, -0.15) is 0 Å². The SMILES string of the molecule is Cc1ncc(CN2CCOC(CC(=O)O)C2)s1. The highest BCUT2D eigenvalue weighted by Gasteiger charge is 2.22. The lowest BCUT2D eigenvalue weighted by Gasteiger charge is -2.31. The summed E-state index contributed by atoms with van der Waals surface area (Å²) < 4.78 is 5.43. The summed E-state index contributed by atoms with van der Waals surface area (Å²) in [6.45, 7) is 4.97. The van der Waals surface area contributed by atoms with Gasteiger partial charge in [0.15, 0.2) is 0 Å². The smallest absolute Gasteiger partial charge is 0.306 e. The molecule has 17 heavy (non-hydrogen) atoms. The van der Waals surface area contributed by atoms with Gasteiger partial charge in [0.2, 0.25) is 0 Å². The normalized spacial score (nSPS) is 21.6. The summed E-state index contributed by atoms with van der Waals surface area (Å²) in [6.07, 6.45) is 1.79. The lowest BCUT2D eigenvalue weighted by molar-refractivity contribution is -0.142. The first-order valence-corrected chi connectivity index (χ1v) is 6.42. The van der Waals surface area contributed by atoms with Crippen LogP contribution in [0.5, 0.6) is 0 Å². The van der Waals surface area contributed by atoms with Gasteiger partial charge in [0.05, 0.1) is 24.1 Å². The van der Waals surface area contributed by atoms with E-state index < -0.39 is 5.97 Å². The molecule has 0 amide bonds. The van der Waals surface area contributed by atoms with Crippen LogP contribution >= 0.6 is 11.3 Å². The molecule has 0 spiro atoms. The van der Waals surface area contributed by atoms with Gasteiger partial charge in [-0.15, -0.1) is 11.3 Å². The summed E-state index contributed by atoms with van der Waals surface area (Å²) in [6, 6.07) is 0. The summed E-state index contributed by atoms with van der Waals surface area (Å²) in [7, 11) is 0. The molecule has 1 fully saturated rings. The monoisotopic (exact) mass is 256 g/mol. The Bertz CT molecular complexity index is 394. The van der Waals surface area contributed by atoms with Crippen LogP contribution in [0.2, 0.25) is 0 Å². The van der Waals surface area contributed by atoms with Crippen molar-refractivity contribution in [3.05, 3.63) is 16.1 Å². The molecule has 1 unspecified atom stereocenters. The number of thiazole rings is 1. The summed E-state index contributed by atoms with van der Waals surface area (Å²) in [5.74, 6) is -0.800. The predicted octanol–water partition coefficient (Wildman–Crippen LogP) is 1.13. The fourth-order valence-corrected chi connectivity index (χ4v) is 2.78. The Kier molecular flexibility index (Phi) is 4.09. The zero-order valence-corrected chi connectivity index (χ0v) is 10.6. The summed E-state index contributed by atoms with van der Waals surface area (Å²) >= 11 is 1.69. The maximum Gasteiger partial charge on any atom is 0.306 e. The molecule has 94 valence electrons. The van der Waals surface area contributed by atoms with Crippen molar-refractivity contribution < 1.29 is 14.6 Å². The molecule has 0 aliphatic carbocycles. The second-order valence-corrected chi connectivity index (χ2v) is 5.49. The van der Waals surface area contributed by atoms with Gasteiger partial charge < -0.3 is 9.84 Å². The third-order valence-electron chi connectivity index (χ3n) is 2.67. The number of carbonyl (C=O) groups is 1. The van der Waals surface area contributed by atoms with Gasteiger partial charge in [-0.3, -0.25) is 9.69 Å². The predicted molar refractivity (Wildman–Crippen MR) is 64.1 cm³/mol. The second kappa shape index (κ2) is 5.57. The van der Waals surface area contributed by atoms with Crippen molar-refractivity contribution in [3.63, 3.8) is 0 Å². The average molecular weight is 256 g/mol. The fraction of sp³-hybridized carbons (Fsp3) is 0.636. The molecule has 1 N–H and O–H groups in total. The lowest BCUT2D eigenvalue weighted by Crippen LogP contribution is -2.42. The molecular formula is C11H16N2O3S. The van der Waals surface area contributed by atoms with Crippen LogP contribution in [0.3, 0.4) is 0 Å². The van der Waals surface area contributed by atoms with Crippen molar-refractivity contribution in [1.82, 2.24) is 9.88 Å².